The monoisotopic (exact) mass is 396 g/mol. The summed E-state index contributed by atoms with van der Waals surface area (Å²) >= 11 is 0. The summed E-state index contributed by atoms with van der Waals surface area (Å²) in [5.74, 6) is -3.58. The quantitative estimate of drug-likeness (QED) is 0.668. The lowest BCUT2D eigenvalue weighted by Crippen LogP contribution is -2.32. The molecule has 2 amide bonds. The third-order valence-electron chi connectivity index (χ3n) is 3.25. The maximum Gasteiger partial charge on any atom is 0.387 e. The number of ether oxygens (including phenoxy) is 2. The Balaban J connectivity index is 1.80. The smallest absolute Gasteiger partial charge is 0.387 e. The zero-order valence-electron chi connectivity index (χ0n) is 14.3. The van der Waals surface area contributed by atoms with Crippen molar-refractivity contribution in [3.8, 4) is 5.75 Å². The van der Waals surface area contributed by atoms with Crippen LogP contribution >= 0.6 is 0 Å². The van der Waals surface area contributed by atoms with Gasteiger partial charge in [0.05, 0.1) is 11.3 Å². The summed E-state index contributed by atoms with van der Waals surface area (Å²) in [5, 5.41) is 4.38. The summed E-state index contributed by atoms with van der Waals surface area (Å²) in [7, 11) is 0. The summed E-state index contributed by atoms with van der Waals surface area (Å²) in [6.07, 6.45) is 0. The average Bonchev–Trinajstić information content (AvgIpc) is 2.66. The molecule has 0 atom stereocenters. The Morgan fingerprint density at radius 2 is 1.68 bits per heavy atom. The number of halogens is 3. The Kier molecular flexibility index (Phi) is 7.37. The van der Waals surface area contributed by atoms with Crippen molar-refractivity contribution < 1.29 is 37.0 Å². The van der Waals surface area contributed by atoms with Crippen molar-refractivity contribution in [2.45, 2.75) is 6.61 Å². The van der Waals surface area contributed by atoms with Crippen LogP contribution in [0.1, 0.15) is 10.4 Å². The van der Waals surface area contributed by atoms with Crippen LogP contribution in [0, 0.1) is 5.82 Å². The Morgan fingerprint density at radius 1 is 1.00 bits per heavy atom. The number of anilines is 1. The summed E-state index contributed by atoms with van der Waals surface area (Å²) in [4.78, 5) is 35.3. The molecule has 2 N–H and O–H groups in total. The van der Waals surface area contributed by atoms with Crippen LogP contribution in [-0.2, 0) is 14.3 Å². The topological polar surface area (TPSA) is 93.7 Å². The number of carbonyl (C=O) groups is 3. The zero-order chi connectivity index (χ0) is 20.5. The van der Waals surface area contributed by atoms with Gasteiger partial charge in [0.15, 0.2) is 6.61 Å². The molecule has 7 nitrogen and oxygen atoms in total. The first-order valence-electron chi connectivity index (χ1n) is 7.89. The highest BCUT2D eigenvalue weighted by atomic mass is 19.3. The van der Waals surface area contributed by atoms with E-state index in [4.69, 9.17) is 0 Å². The number of carbonyl (C=O) groups excluding carboxylic acids is 3. The van der Waals surface area contributed by atoms with Gasteiger partial charge in [0.2, 0.25) is 0 Å². The van der Waals surface area contributed by atoms with Gasteiger partial charge < -0.3 is 20.1 Å². The summed E-state index contributed by atoms with van der Waals surface area (Å²) in [6.45, 7) is -4.44. The van der Waals surface area contributed by atoms with Crippen LogP contribution in [0.3, 0.4) is 0 Å². The van der Waals surface area contributed by atoms with Crippen molar-refractivity contribution in [3.63, 3.8) is 0 Å². The van der Waals surface area contributed by atoms with E-state index in [1.807, 2.05) is 0 Å². The maximum absolute atomic E-state index is 13.4. The van der Waals surface area contributed by atoms with E-state index in [-0.39, 0.29) is 17.0 Å². The molecule has 0 unspecified atom stereocenters. The first kappa shape index (κ1) is 20.7. The van der Waals surface area contributed by atoms with Crippen LogP contribution < -0.4 is 15.4 Å². The molecular weight excluding hydrogens is 381 g/mol. The van der Waals surface area contributed by atoms with E-state index in [9.17, 15) is 27.6 Å². The Morgan fingerprint density at radius 3 is 2.39 bits per heavy atom. The molecule has 0 heterocycles. The molecule has 2 aromatic rings. The Labute approximate surface area is 157 Å². The minimum atomic E-state index is -3.12. The molecular formula is C18H15F3N2O5. The van der Waals surface area contributed by atoms with E-state index in [1.54, 1.807) is 0 Å². The second-order valence-electron chi connectivity index (χ2n) is 5.25. The number of para-hydroxylation sites is 2. The standard InChI is InChI=1S/C18H15F3N2O5/c19-12-6-2-3-7-13(12)23-15(24)10-27-16(25)9-22-17(26)11-5-1-4-8-14(11)28-18(20)21/h1-8,18H,9-10H2,(H,22,26)(H,23,24). The van der Waals surface area contributed by atoms with Crippen LogP contribution in [0.5, 0.6) is 5.75 Å². The molecule has 0 aliphatic heterocycles. The van der Waals surface area contributed by atoms with Crippen molar-refractivity contribution >= 4 is 23.5 Å². The Bertz CT molecular complexity index is 861. The zero-order valence-corrected chi connectivity index (χ0v) is 14.3. The normalized spacial score (nSPS) is 10.3. The lowest BCUT2D eigenvalue weighted by molar-refractivity contribution is -0.146. The highest BCUT2D eigenvalue weighted by Gasteiger charge is 2.17. The van der Waals surface area contributed by atoms with Crippen LogP contribution in [0.2, 0.25) is 0 Å². The highest BCUT2D eigenvalue weighted by Crippen LogP contribution is 2.20. The number of alkyl halides is 2. The van der Waals surface area contributed by atoms with Gasteiger partial charge in [-0.25, -0.2) is 4.39 Å². The van der Waals surface area contributed by atoms with Crippen molar-refractivity contribution in [1.29, 1.82) is 0 Å². The number of benzene rings is 2. The largest absolute Gasteiger partial charge is 0.454 e. The van der Waals surface area contributed by atoms with Gasteiger partial charge in [0, 0.05) is 0 Å². The van der Waals surface area contributed by atoms with E-state index in [1.165, 1.54) is 42.5 Å². The fourth-order valence-corrected chi connectivity index (χ4v) is 2.05. The van der Waals surface area contributed by atoms with Crippen LogP contribution in [0.25, 0.3) is 0 Å². The van der Waals surface area contributed by atoms with Gasteiger partial charge >= 0.3 is 12.6 Å². The highest BCUT2D eigenvalue weighted by molar-refractivity contribution is 5.98. The van der Waals surface area contributed by atoms with Gasteiger partial charge in [-0.15, -0.1) is 0 Å². The van der Waals surface area contributed by atoms with Gasteiger partial charge in [0.1, 0.15) is 18.1 Å². The maximum atomic E-state index is 13.4. The molecule has 0 bridgehead atoms. The van der Waals surface area contributed by atoms with Crippen LogP contribution in [-0.4, -0.2) is 37.5 Å². The summed E-state index contributed by atoms with van der Waals surface area (Å²) in [6, 6.07) is 10.7. The van der Waals surface area contributed by atoms with Gasteiger partial charge in [-0.3, -0.25) is 14.4 Å². The minimum absolute atomic E-state index is 0.0764. The van der Waals surface area contributed by atoms with Gasteiger partial charge in [-0.2, -0.15) is 8.78 Å². The molecule has 0 saturated heterocycles. The lowest BCUT2D eigenvalue weighted by atomic mass is 10.2. The van der Waals surface area contributed by atoms with E-state index < -0.39 is 43.4 Å². The number of amides is 2. The van der Waals surface area contributed by atoms with Crippen molar-refractivity contribution in [2.24, 2.45) is 0 Å². The van der Waals surface area contributed by atoms with Gasteiger partial charge in [-0.05, 0) is 24.3 Å². The second kappa shape index (κ2) is 9.95. The number of hydrogen-bond donors (Lipinski definition) is 2. The first-order valence-corrected chi connectivity index (χ1v) is 7.89. The molecule has 0 radical (unpaired) electrons. The molecule has 0 aliphatic carbocycles. The summed E-state index contributed by atoms with van der Waals surface area (Å²) in [5.41, 5.74) is -0.277. The first-order chi connectivity index (χ1) is 13.4. The van der Waals surface area contributed by atoms with Crippen molar-refractivity contribution in [3.05, 3.63) is 59.9 Å². The van der Waals surface area contributed by atoms with Crippen LogP contribution in [0.4, 0.5) is 18.9 Å². The van der Waals surface area contributed by atoms with E-state index in [0.717, 1.165) is 6.07 Å². The van der Waals surface area contributed by atoms with Crippen molar-refractivity contribution in [1.82, 2.24) is 5.32 Å². The third kappa shape index (κ3) is 6.31. The molecule has 148 valence electrons. The number of hydrogen-bond acceptors (Lipinski definition) is 5. The van der Waals surface area contributed by atoms with Crippen LogP contribution in [0.15, 0.2) is 48.5 Å². The van der Waals surface area contributed by atoms with E-state index >= 15 is 0 Å². The second-order valence-corrected chi connectivity index (χ2v) is 5.25. The molecule has 0 spiro atoms. The number of esters is 1. The minimum Gasteiger partial charge on any atom is -0.454 e. The molecule has 10 heteroatoms. The van der Waals surface area contributed by atoms with E-state index in [0.29, 0.717) is 0 Å². The molecule has 2 aromatic carbocycles. The molecule has 0 fully saturated rings. The van der Waals surface area contributed by atoms with E-state index in [2.05, 4.69) is 20.1 Å². The molecule has 0 aromatic heterocycles. The molecule has 0 aliphatic rings. The molecule has 2 rings (SSSR count). The SMILES string of the molecule is O=C(COC(=O)CNC(=O)c1ccccc1OC(F)F)Nc1ccccc1F. The fraction of sp³-hybridized carbons (Fsp3) is 0.167. The fourth-order valence-electron chi connectivity index (χ4n) is 2.05. The van der Waals surface area contributed by atoms with Gasteiger partial charge in [0.25, 0.3) is 11.8 Å². The van der Waals surface area contributed by atoms with Gasteiger partial charge in [-0.1, -0.05) is 24.3 Å². The third-order valence-corrected chi connectivity index (χ3v) is 3.25. The Hall–Kier alpha value is -3.56. The number of rotatable bonds is 8. The molecule has 0 saturated carbocycles. The lowest BCUT2D eigenvalue weighted by Gasteiger charge is -2.11. The predicted molar refractivity (Wildman–Crippen MR) is 91.4 cm³/mol. The average molecular weight is 396 g/mol. The number of nitrogens with one attached hydrogen (secondary N) is 2. The summed E-state index contributed by atoms with van der Waals surface area (Å²) < 4.78 is 47.0. The predicted octanol–water partition coefficient (Wildman–Crippen LogP) is 2.34. The molecule has 28 heavy (non-hydrogen) atoms. The van der Waals surface area contributed by atoms with Crippen molar-refractivity contribution in [2.75, 3.05) is 18.5 Å².